The first-order chi connectivity index (χ1) is 12.6. The van der Waals surface area contributed by atoms with Crippen molar-refractivity contribution in [3.8, 4) is 0 Å². The van der Waals surface area contributed by atoms with Crippen LogP contribution in [0.4, 0.5) is 0 Å². The smallest absolute Gasteiger partial charge is 0.222 e. The molecule has 1 fully saturated rings. The molecule has 2 N–H and O–H groups in total. The maximum atomic E-state index is 11.6. The number of likely N-dealkylation sites (N-methyl/N-ethyl adjacent to an activating group) is 1. The van der Waals surface area contributed by atoms with Gasteiger partial charge in [0.2, 0.25) is 5.91 Å². The molecule has 1 aromatic carbocycles. The Morgan fingerprint density at radius 2 is 2.19 bits per heavy atom. The summed E-state index contributed by atoms with van der Waals surface area (Å²) in [5.74, 6) is 2.18. The number of thioether (sulfide) groups is 1. The quantitative estimate of drug-likeness (QED) is 0.281. The van der Waals surface area contributed by atoms with Gasteiger partial charge in [-0.25, -0.2) is 0 Å². The van der Waals surface area contributed by atoms with E-state index in [4.69, 9.17) is 0 Å². The van der Waals surface area contributed by atoms with E-state index >= 15 is 0 Å². The summed E-state index contributed by atoms with van der Waals surface area (Å²) in [6.07, 6.45) is 3.68. The predicted molar refractivity (Wildman–Crippen MR) is 114 cm³/mol. The Bertz CT molecular complexity index is 611. The maximum Gasteiger partial charge on any atom is 0.222 e. The molecule has 0 radical (unpaired) electrons. The molecule has 2 rings (SSSR count). The molecule has 1 aromatic rings. The van der Waals surface area contributed by atoms with E-state index < -0.39 is 0 Å². The summed E-state index contributed by atoms with van der Waals surface area (Å²) in [4.78, 5) is 19.4. The molecule has 0 saturated carbocycles. The van der Waals surface area contributed by atoms with E-state index in [1.807, 2.05) is 24.9 Å². The third-order valence-electron chi connectivity index (χ3n) is 4.23. The van der Waals surface area contributed by atoms with Crippen LogP contribution in [0.15, 0.2) is 38.6 Å². The van der Waals surface area contributed by atoms with Crippen molar-refractivity contribution < 1.29 is 4.79 Å². The molecular formula is C19H29BrN4OS. The number of guanidine groups is 1. The van der Waals surface area contributed by atoms with Crippen molar-refractivity contribution in [3.05, 3.63) is 28.7 Å². The van der Waals surface area contributed by atoms with Gasteiger partial charge < -0.3 is 15.5 Å². The van der Waals surface area contributed by atoms with Crippen molar-refractivity contribution in [2.45, 2.75) is 43.5 Å². The number of aliphatic imine (C=N–C) groups is 1. The largest absolute Gasteiger partial charge is 0.357 e. The molecule has 1 aliphatic heterocycles. The highest BCUT2D eigenvalue weighted by molar-refractivity contribution is 9.10. The van der Waals surface area contributed by atoms with Gasteiger partial charge in [0.05, 0.1) is 0 Å². The summed E-state index contributed by atoms with van der Waals surface area (Å²) >= 11 is 5.47. The lowest BCUT2D eigenvalue weighted by Gasteiger charge is -2.31. The van der Waals surface area contributed by atoms with Crippen LogP contribution in [0.2, 0.25) is 0 Å². The van der Waals surface area contributed by atoms with Crippen molar-refractivity contribution in [2.24, 2.45) is 4.99 Å². The Labute approximate surface area is 169 Å². The lowest BCUT2D eigenvalue weighted by Crippen LogP contribution is -2.51. The van der Waals surface area contributed by atoms with E-state index in [1.165, 1.54) is 4.90 Å². The first-order valence-corrected chi connectivity index (χ1v) is 11.0. The average molecular weight is 441 g/mol. The highest BCUT2D eigenvalue weighted by Gasteiger charge is 2.23. The second-order valence-electron chi connectivity index (χ2n) is 6.40. The standard InChI is InChI=1S/C19H29BrN4OS/c1-3-21-19(23-15-10-11-18(25)24(2)14-15)22-12-6-7-13-26-17-9-5-4-8-16(17)20/h4-5,8-9,15H,3,6-7,10-14H2,1-2H3,(H2,21,22,23). The number of amides is 1. The minimum Gasteiger partial charge on any atom is -0.357 e. The molecule has 0 bridgehead atoms. The molecule has 1 amide bonds. The number of likely N-dealkylation sites (tertiary alicyclic amines) is 1. The van der Waals surface area contributed by atoms with Gasteiger partial charge >= 0.3 is 0 Å². The number of hydrogen-bond donors (Lipinski definition) is 2. The highest BCUT2D eigenvalue weighted by Crippen LogP contribution is 2.27. The van der Waals surface area contributed by atoms with E-state index in [0.29, 0.717) is 6.42 Å². The maximum absolute atomic E-state index is 11.6. The Kier molecular flexibility index (Phi) is 9.32. The molecule has 26 heavy (non-hydrogen) atoms. The summed E-state index contributed by atoms with van der Waals surface area (Å²) in [5, 5.41) is 6.77. The van der Waals surface area contributed by atoms with Crippen LogP contribution in [-0.4, -0.2) is 55.2 Å². The first-order valence-electron chi connectivity index (χ1n) is 9.26. The second-order valence-corrected chi connectivity index (χ2v) is 8.39. The van der Waals surface area contributed by atoms with Gasteiger partial charge in [0.15, 0.2) is 5.96 Å². The number of piperidine rings is 1. The number of nitrogens with zero attached hydrogens (tertiary/aromatic N) is 2. The zero-order valence-electron chi connectivity index (χ0n) is 15.6. The summed E-state index contributed by atoms with van der Waals surface area (Å²) in [6, 6.07) is 8.62. The van der Waals surface area contributed by atoms with Crippen LogP contribution in [0.5, 0.6) is 0 Å². The van der Waals surface area contributed by atoms with Crippen molar-refractivity contribution in [2.75, 3.05) is 32.4 Å². The van der Waals surface area contributed by atoms with E-state index in [1.54, 1.807) is 4.90 Å². The topological polar surface area (TPSA) is 56.7 Å². The molecule has 1 aliphatic rings. The molecule has 1 atom stereocenters. The van der Waals surface area contributed by atoms with E-state index in [2.05, 4.69) is 56.7 Å². The fourth-order valence-electron chi connectivity index (χ4n) is 2.79. The van der Waals surface area contributed by atoms with Gasteiger partial charge in [-0.3, -0.25) is 9.79 Å². The number of carbonyl (C=O) groups excluding carboxylic acids is 1. The zero-order chi connectivity index (χ0) is 18.8. The number of benzene rings is 1. The van der Waals surface area contributed by atoms with Crippen LogP contribution in [0, 0.1) is 0 Å². The van der Waals surface area contributed by atoms with Crippen LogP contribution >= 0.6 is 27.7 Å². The van der Waals surface area contributed by atoms with Crippen molar-refractivity contribution in [1.29, 1.82) is 0 Å². The number of nitrogens with one attached hydrogen (secondary N) is 2. The molecule has 0 aromatic heterocycles. The van der Waals surface area contributed by atoms with Crippen LogP contribution < -0.4 is 10.6 Å². The normalized spacial score (nSPS) is 18.1. The van der Waals surface area contributed by atoms with Crippen molar-refractivity contribution in [1.82, 2.24) is 15.5 Å². The van der Waals surface area contributed by atoms with Gasteiger partial charge in [0, 0.05) is 48.5 Å². The Morgan fingerprint density at radius 1 is 1.38 bits per heavy atom. The van der Waals surface area contributed by atoms with Crippen molar-refractivity contribution in [3.63, 3.8) is 0 Å². The lowest BCUT2D eigenvalue weighted by atomic mass is 10.1. The number of unbranched alkanes of at least 4 members (excludes halogenated alkanes) is 1. The first kappa shape index (κ1) is 21.1. The average Bonchev–Trinajstić information content (AvgIpc) is 2.62. The van der Waals surface area contributed by atoms with Gasteiger partial charge in [0.25, 0.3) is 0 Å². The Hall–Kier alpha value is -1.21. The molecule has 144 valence electrons. The van der Waals surface area contributed by atoms with Crippen LogP contribution in [0.3, 0.4) is 0 Å². The molecule has 1 heterocycles. The molecule has 1 unspecified atom stereocenters. The van der Waals surface area contributed by atoms with Gasteiger partial charge in [-0.1, -0.05) is 12.1 Å². The molecule has 7 heteroatoms. The van der Waals surface area contributed by atoms with Crippen LogP contribution in [0.25, 0.3) is 0 Å². The van der Waals surface area contributed by atoms with Gasteiger partial charge in [-0.05, 0) is 60.0 Å². The van der Waals surface area contributed by atoms with Crippen molar-refractivity contribution >= 4 is 39.6 Å². The fraction of sp³-hybridized carbons (Fsp3) is 0.579. The van der Waals surface area contributed by atoms with Gasteiger partial charge in [-0.2, -0.15) is 0 Å². The number of hydrogen-bond acceptors (Lipinski definition) is 3. The van der Waals surface area contributed by atoms with Gasteiger partial charge in [0.1, 0.15) is 0 Å². The third kappa shape index (κ3) is 7.19. The summed E-state index contributed by atoms with van der Waals surface area (Å²) < 4.78 is 1.16. The SMILES string of the molecule is CCNC(=NCCCCSc1ccccc1Br)NC1CCC(=O)N(C)C1. The molecular weight excluding hydrogens is 412 g/mol. The molecule has 0 aliphatic carbocycles. The fourth-order valence-corrected chi connectivity index (χ4v) is 4.37. The predicted octanol–water partition coefficient (Wildman–Crippen LogP) is 3.50. The summed E-state index contributed by atoms with van der Waals surface area (Å²) in [6.45, 7) is 4.46. The van der Waals surface area contributed by atoms with E-state index in [9.17, 15) is 4.79 Å². The summed E-state index contributed by atoms with van der Waals surface area (Å²) in [5.41, 5.74) is 0. The highest BCUT2D eigenvalue weighted by atomic mass is 79.9. The minimum absolute atomic E-state index is 0.229. The molecule has 0 spiro atoms. The third-order valence-corrected chi connectivity index (χ3v) is 6.34. The zero-order valence-corrected chi connectivity index (χ0v) is 18.0. The van der Waals surface area contributed by atoms with E-state index in [0.717, 1.165) is 55.1 Å². The monoisotopic (exact) mass is 440 g/mol. The second kappa shape index (κ2) is 11.5. The molecule has 5 nitrogen and oxygen atoms in total. The number of rotatable bonds is 8. The molecule has 1 saturated heterocycles. The Morgan fingerprint density at radius 3 is 2.92 bits per heavy atom. The van der Waals surface area contributed by atoms with E-state index in [-0.39, 0.29) is 11.9 Å². The number of carbonyl (C=O) groups is 1. The van der Waals surface area contributed by atoms with Crippen LogP contribution in [-0.2, 0) is 4.79 Å². The minimum atomic E-state index is 0.229. The van der Waals surface area contributed by atoms with Gasteiger partial charge in [-0.15, -0.1) is 11.8 Å². The Balaban J connectivity index is 1.69. The number of halogens is 1. The lowest BCUT2D eigenvalue weighted by molar-refractivity contribution is -0.132. The van der Waals surface area contributed by atoms with Crippen LogP contribution in [0.1, 0.15) is 32.6 Å². The summed E-state index contributed by atoms with van der Waals surface area (Å²) in [7, 11) is 1.86.